The van der Waals surface area contributed by atoms with Crippen LogP contribution in [0, 0.1) is 19.8 Å². The third-order valence-electron chi connectivity index (χ3n) is 15.8. The van der Waals surface area contributed by atoms with Crippen LogP contribution in [0.4, 0.5) is 5.82 Å². The standard InChI is InChI=1S/C61H86N14O19S.In/c1-40-30-46(31-41(2)57(40)95(92,93)70-48(61(90)91)35-67-58(87)43-10-13-49-45(32-43)34-68-75(49)20-7-17-63-50-8-4-5-16-62-50)94-29-6-9-51(77)64-18-19-65-60(89)47(12-15-54(81)82)69-59(88)44(11-14-53(79)80)33-66-52(78)37-72-23-27-73(38-55(83)84)25-21-71(36-42(3)76)22-26-74(28-24-72)39-56(85)86;/h4-5,8,10,13,16,30-32,34,44,47-48,70,76H,3,6-7,9,11-12,14-15,17-29,33,35-39H2,1-2H3,(H,62,63)(H,64,77)(H,65,89)(H,66,78)(H,67,87)(H,69,88)(H,79,80)(H,81,82)(H,83,84)(H,85,86)(H,90,91);/q;+3/p-3/t44-,47?,48+;/m1./s1. The van der Waals surface area contributed by atoms with Gasteiger partial charge < -0.3 is 46.6 Å². The number of carbonyl (C=O) groups excluding carboxylic acids is 7. The number of nitrogens with one attached hydrogen (secondary N) is 7. The summed E-state index contributed by atoms with van der Waals surface area (Å²) in [5.74, 6) is -8.27. The Morgan fingerprint density at radius 3 is 1.99 bits per heavy atom. The van der Waals surface area contributed by atoms with E-state index in [1.807, 2.05) is 32.9 Å². The summed E-state index contributed by atoms with van der Waals surface area (Å²) in [6.07, 6.45) is 2.58. The topological polar surface area (TPSA) is 430 Å². The van der Waals surface area contributed by atoms with Gasteiger partial charge in [-0.2, -0.15) is 9.82 Å². The Kier molecular flexibility index (Phi) is 29.0. The Labute approximate surface area is 563 Å². The number of anilines is 1. The first-order valence-electron chi connectivity index (χ1n) is 31.4. The summed E-state index contributed by atoms with van der Waals surface area (Å²) in [6.45, 7) is 10.3. The summed E-state index contributed by atoms with van der Waals surface area (Å²) in [4.78, 5) is 140. The normalized spacial score (nSPS) is 18.0. The molecule has 10 N–H and O–H groups in total. The van der Waals surface area contributed by atoms with Gasteiger partial charge in [-0.15, -0.1) is 0 Å². The molecular weight excluding hydrogens is 1380 g/mol. The van der Waals surface area contributed by atoms with Gasteiger partial charge in [-0.1, -0.05) is 6.07 Å². The first-order valence-corrected chi connectivity index (χ1v) is 37.0. The van der Waals surface area contributed by atoms with Crippen LogP contribution in [0.2, 0.25) is 0 Å². The number of amides is 5. The molecule has 0 saturated carbocycles. The summed E-state index contributed by atoms with van der Waals surface area (Å²) in [6, 6.07) is 10.2. The maximum absolute atomic E-state index is 13.8. The van der Waals surface area contributed by atoms with Crippen LogP contribution in [0.25, 0.3) is 10.9 Å². The van der Waals surface area contributed by atoms with Crippen LogP contribution in [0.3, 0.4) is 0 Å². The van der Waals surface area contributed by atoms with Gasteiger partial charge in [0.2, 0.25) is 27.7 Å². The molecule has 4 bridgehead atoms. The van der Waals surface area contributed by atoms with E-state index < -0.39 is 130 Å². The van der Waals surface area contributed by atoms with E-state index >= 15 is 0 Å². The van der Waals surface area contributed by atoms with Crippen molar-refractivity contribution in [1.29, 1.82) is 0 Å². The summed E-state index contributed by atoms with van der Waals surface area (Å²) >= 11 is -4.10. The van der Waals surface area contributed by atoms with Crippen molar-refractivity contribution in [2.24, 2.45) is 5.92 Å². The number of rotatable bonds is 33. The average molecular weight is 1460 g/mol. The SMILES string of the molecule is C=C1CN2CCN3CCN(CC(=O)NC[C@@H](CCC(=O)O)C(=O)NC(CCC(=O)O)C(=O)NCCNC(=O)CCCOc4cc(C)c(S(=O)(=O)N[C@@H](CNC(=O)c5ccc6c(cnn6CCCNc6ccccn6)c5)C(=O)O)c(C)c4)CCN(CC2)CC(=O)[O][In]([O]1)[O]C(=O)C3. The zero-order valence-corrected chi connectivity index (χ0v) is 57.7. The van der Waals surface area contributed by atoms with Crippen molar-refractivity contribution in [2.45, 2.75) is 82.3 Å². The molecule has 3 unspecified atom stereocenters. The Bertz CT molecular complexity index is 3490. The molecule has 0 spiro atoms. The Balaban J connectivity index is 0.834. The molecule has 0 radical (unpaired) electrons. The number of aryl methyl sites for hydroxylation is 3. The number of nitrogens with zero attached hydrogens (tertiary/aromatic N) is 7. The van der Waals surface area contributed by atoms with Gasteiger partial charge in [-0.25, -0.2) is 13.4 Å². The van der Waals surface area contributed by atoms with Crippen molar-refractivity contribution in [2.75, 3.05) is 123 Å². The van der Waals surface area contributed by atoms with E-state index in [-0.39, 0.29) is 98.9 Å². The van der Waals surface area contributed by atoms with Crippen LogP contribution in [0.15, 0.2) is 78.2 Å². The molecule has 5 heterocycles. The third kappa shape index (κ3) is 24.6. The third-order valence-corrected chi connectivity index (χ3v) is 21.6. The van der Waals surface area contributed by atoms with Gasteiger partial charge >= 0.3 is 210 Å². The minimum atomic E-state index is -4.48. The number of sulfonamides is 1. The molecule has 4 aromatic rings. The van der Waals surface area contributed by atoms with Crippen LogP contribution in [0.5, 0.6) is 5.75 Å². The quantitative estimate of drug-likeness (QED) is 0.0253. The second-order valence-electron chi connectivity index (χ2n) is 23.3. The van der Waals surface area contributed by atoms with Gasteiger partial charge in [0.1, 0.15) is 23.7 Å². The molecule has 3 aliphatic rings. The molecule has 3 fully saturated rings. The number of ether oxygens (including phenoxy) is 1. The fraction of sp³-hybridized carbons (Fsp3) is 0.508. The fourth-order valence-corrected chi connectivity index (χ4v) is 15.5. The molecule has 35 heteroatoms. The molecular formula is C61H83InN14O19S. The van der Waals surface area contributed by atoms with Crippen LogP contribution < -0.4 is 41.4 Å². The van der Waals surface area contributed by atoms with Gasteiger partial charge in [0.15, 0.2) is 0 Å². The zero-order chi connectivity index (χ0) is 69.3. The number of benzene rings is 2. The van der Waals surface area contributed by atoms with Gasteiger partial charge in [0.05, 0.1) is 23.2 Å². The molecule has 5 amide bonds. The fourth-order valence-electron chi connectivity index (χ4n) is 10.8. The van der Waals surface area contributed by atoms with E-state index in [1.54, 1.807) is 35.3 Å². The number of carboxylic acid groups (broad SMARTS) is 3. The van der Waals surface area contributed by atoms with Crippen molar-refractivity contribution in [1.82, 2.24) is 65.7 Å². The monoisotopic (exact) mass is 1460 g/mol. The van der Waals surface area contributed by atoms with E-state index in [0.717, 1.165) is 17.8 Å². The molecule has 3 saturated heterocycles. The summed E-state index contributed by atoms with van der Waals surface area (Å²) < 4.78 is 54.2. The van der Waals surface area contributed by atoms with E-state index in [2.05, 4.69) is 58.2 Å². The molecule has 2 aromatic heterocycles. The van der Waals surface area contributed by atoms with E-state index in [4.69, 9.17) is 13.3 Å². The number of carboxylic acids is 3. The number of hydrogen-bond donors (Lipinski definition) is 10. The van der Waals surface area contributed by atoms with E-state index in [9.17, 15) is 71.7 Å². The Morgan fingerprint density at radius 2 is 1.34 bits per heavy atom. The molecule has 5 atom stereocenters. The summed E-state index contributed by atoms with van der Waals surface area (Å²) in [5.41, 5.74) is 1.44. The number of aromatic nitrogens is 3. The molecule has 7 rings (SSSR count). The molecule has 96 heavy (non-hydrogen) atoms. The maximum atomic E-state index is 13.8. The first kappa shape index (κ1) is 74.9. The molecule has 3 aliphatic heterocycles. The van der Waals surface area contributed by atoms with Crippen molar-refractivity contribution >= 4 is 109 Å². The van der Waals surface area contributed by atoms with E-state index in [1.165, 1.54) is 26.0 Å². The summed E-state index contributed by atoms with van der Waals surface area (Å²) in [7, 11) is -4.48. The van der Waals surface area contributed by atoms with Gasteiger partial charge in [-0.05, 0) is 93.1 Å². The predicted octanol–water partition coefficient (Wildman–Crippen LogP) is -1.10. The van der Waals surface area contributed by atoms with Crippen LogP contribution in [0.1, 0.15) is 66.4 Å². The number of hydrogen-bond acceptors (Lipinski definition) is 23. The Hall–Kier alpha value is -8.48. The van der Waals surface area contributed by atoms with Crippen LogP contribution in [-0.4, -0.2) is 270 Å². The van der Waals surface area contributed by atoms with Crippen molar-refractivity contribution in [3.05, 3.63) is 90.0 Å². The Morgan fingerprint density at radius 1 is 0.698 bits per heavy atom. The van der Waals surface area contributed by atoms with Gasteiger partial charge in [0, 0.05) is 69.1 Å². The number of fused-ring (bicyclic) bond motifs is 8. The van der Waals surface area contributed by atoms with Crippen molar-refractivity contribution in [3.63, 3.8) is 0 Å². The first-order chi connectivity index (χ1) is 45.9. The number of aliphatic carboxylic acids is 3. The molecule has 0 aliphatic carbocycles. The van der Waals surface area contributed by atoms with E-state index in [0.29, 0.717) is 83.1 Å². The van der Waals surface area contributed by atoms with Gasteiger partial charge in [0.25, 0.3) is 5.91 Å². The molecule has 520 valence electrons. The predicted molar refractivity (Wildman–Crippen MR) is 344 cm³/mol. The number of pyridine rings is 1. The van der Waals surface area contributed by atoms with Crippen LogP contribution >= 0.6 is 0 Å². The number of carbonyl (C=O) groups is 10. The average Bonchev–Trinajstić information content (AvgIpc) is 0.984. The zero-order valence-electron chi connectivity index (χ0n) is 53.6. The second-order valence-corrected chi connectivity index (χ2v) is 28.6. The molecule has 33 nitrogen and oxygen atoms in total. The van der Waals surface area contributed by atoms with Crippen molar-refractivity contribution in [3.8, 4) is 5.75 Å². The molecule has 2 aromatic carbocycles. The van der Waals surface area contributed by atoms with Crippen molar-refractivity contribution < 1.29 is 85.0 Å². The minimum absolute atomic E-state index is 0.0171. The second kappa shape index (κ2) is 37.1. The summed E-state index contributed by atoms with van der Waals surface area (Å²) in [5, 5.41) is 50.3. The van der Waals surface area contributed by atoms with Crippen LogP contribution in [-0.2, 0) is 68.3 Å². The van der Waals surface area contributed by atoms with Gasteiger partial charge in [-0.3, -0.25) is 38.2 Å².